The lowest BCUT2D eigenvalue weighted by Gasteiger charge is -2.30. The minimum Gasteiger partial charge on any atom is -0.481 e. The molecule has 1 saturated heterocycles. The van der Waals surface area contributed by atoms with Crippen LogP contribution in [0.4, 0.5) is 5.69 Å². The molecular formula is C15H18N2O6S. The Morgan fingerprint density at radius 1 is 1.42 bits per heavy atom. The number of anilines is 1. The summed E-state index contributed by atoms with van der Waals surface area (Å²) in [5, 5.41) is 11.7. The van der Waals surface area contributed by atoms with E-state index in [0.29, 0.717) is 24.3 Å². The lowest BCUT2D eigenvalue weighted by Crippen LogP contribution is -2.42. The highest BCUT2D eigenvalue weighted by atomic mass is 32.2. The Hall–Kier alpha value is -2.13. The Morgan fingerprint density at radius 3 is 2.88 bits per heavy atom. The van der Waals surface area contributed by atoms with Gasteiger partial charge in [-0.25, -0.2) is 8.42 Å². The minimum absolute atomic E-state index is 0.00532. The van der Waals surface area contributed by atoms with E-state index in [4.69, 9.17) is 9.84 Å². The molecule has 24 heavy (non-hydrogen) atoms. The number of carboxylic acid groups (broad SMARTS) is 1. The number of carboxylic acids is 1. The van der Waals surface area contributed by atoms with Crippen molar-refractivity contribution in [3.05, 3.63) is 18.2 Å². The van der Waals surface area contributed by atoms with Crippen LogP contribution in [0.2, 0.25) is 0 Å². The third-order valence-corrected chi connectivity index (χ3v) is 6.11. The normalized spacial score (nSPS) is 24.6. The van der Waals surface area contributed by atoms with Crippen LogP contribution in [-0.4, -0.2) is 48.9 Å². The van der Waals surface area contributed by atoms with Crippen molar-refractivity contribution in [2.24, 2.45) is 5.92 Å². The maximum absolute atomic E-state index is 12.8. The number of rotatable bonds is 3. The molecule has 1 amide bonds. The van der Waals surface area contributed by atoms with Crippen LogP contribution in [0.1, 0.15) is 19.8 Å². The minimum atomic E-state index is -3.83. The molecular weight excluding hydrogens is 336 g/mol. The van der Waals surface area contributed by atoms with Gasteiger partial charge >= 0.3 is 5.97 Å². The molecule has 0 aromatic heterocycles. The number of amides is 1. The SMILES string of the molecule is C[C@H]1Oc2ccc(S(=O)(=O)N3CCC[C@H](C(=O)O)C3)cc2NC1=O. The van der Waals surface area contributed by atoms with E-state index in [1.165, 1.54) is 22.5 Å². The second-order valence-corrected chi connectivity index (χ2v) is 7.89. The fraction of sp³-hybridized carbons (Fsp3) is 0.467. The first kappa shape index (κ1) is 16.7. The predicted molar refractivity (Wildman–Crippen MR) is 84.3 cm³/mol. The zero-order valence-electron chi connectivity index (χ0n) is 13.1. The number of nitrogens with zero attached hydrogens (tertiary/aromatic N) is 1. The molecule has 2 aliphatic heterocycles. The molecule has 1 aromatic carbocycles. The Balaban J connectivity index is 1.89. The molecule has 2 heterocycles. The molecule has 1 aromatic rings. The van der Waals surface area contributed by atoms with Gasteiger partial charge < -0.3 is 15.2 Å². The highest BCUT2D eigenvalue weighted by Gasteiger charge is 2.34. The van der Waals surface area contributed by atoms with E-state index in [9.17, 15) is 18.0 Å². The molecule has 2 atom stereocenters. The first-order valence-electron chi connectivity index (χ1n) is 7.63. The van der Waals surface area contributed by atoms with Gasteiger partial charge in [0, 0.05) is 13.1 Å². The Morgan fingerprint density at radius 2 is 2.17 bits per heavy atom. The number of nitrogens with one attached hydrogen (secondary N) is 1. The lowest BCUT2D eigenvalue weighted by atomic mass is 10.0. The third-order valence-electron chi connectivity index (χ3n) is 4.25. The summed E-state index contributed by atoms with van der Waals surface area (Å²) in [6.07, 6.45) is 0.324. The number of hydrogen-bond donors (Lipinski definition) is 2. The van der Waals surface area contributed by atoms with Gasteiger partial charge in [-0.1, -0.05) is 0 Å². The number of benzene rings is 1. The second kappa shape index (κ2) is 6.06. The number of aliphatic carboxylic acids is 1. The van der Waals surface area contributed by atoms with E-state index in [0.717, 1.165) is 0 Å². The molecule has 0 aliphatic carbocycles. The smallest absolute Gasteiger partial charge is 0.307 e. The monoisotopic (exact) mass is 354 g/mol. The summed E-state index contributed by atoms with van der Waals surface area (Å²) in [4.78, 5) is 22.8. The van der Waals surface area contributed by atoms with E-state index >= 15 is 0 Å². The van der Waals surface area contributed by atoms with Crippen molar-refractivity contribution < 1.29 is 27.9 Å². The molecule has 2 aliphatic rings. The van der Waals surface area contributed by atoms with Gasteiger partial charge in [0.05, 0.1) is 16.5 Å². The molecule has 2 N–H and O–H groups in total. The van der Waals surface area contributed by atoms with Crippen LogP contribution < -0.4 is 10.1 Å². The zero-order chi connectivity index (χ0) is 17.5. The van der Waals surface area contributed by atoms with Crippen molar-refractivity contribution in [2.75, 3.05) is 18.4 Å². The molecule has 0 radical (unpaired) electrons. The topological polar surface area (TPSA) is 113 Å². The molecule has 0 bridgehead atoms. The largest absolute Gasteiger partial charge is 0.481 e. The summed E-state index contributed by atoms with van der Waals surface area (Å²) in [6, 6.07) is 4.25. The van der Waals surface area contributed by atoms with Crippen molar-refractivity contribution in [1.29, 1.82) is 0 Å². The van der Waals surface area contributed by atoms with E-state index in [2.05, 4.69) is 5.32 Å². The van der Waals surface area contributed by atoms with Crippen LogP contribution in [0.25, 0.3) is 0 Å². The summed E-state index contributed by atoms with van der Waals surface area (Å²) in [5.74, 6) is -1.63. The maximum Gasteiger partial charge on any atom is 0.307 e. The summed E-state index contributed by atoms with van der Waals surface area (Å²) < 4.78 is 32.1. The Labute approximate surface area is 139 Å². The zero-order valence-corrected chi connectivity index (χ0v) is 13.9. The highest BCUT2D eigenvalue weighted by Crippen LogP contribution is 2.33. The van der Waals surface area contributed by atoms with Crippen LogP contribution in [0.3, 0.4) is 0 Å². The van der Waals surface area contributed by atoms with Crippen LogP contribution in [0, 0.1) is 5.92 Å². The standard InChI is InChI=1S/C15H18N2O6S/c1-9-14(18)16-12-7-11(4-5-13(12)23-9)24(21,22)17-6-2-3-10(8-17)15(19)20/h4-5,7,9-10H,2-3,6,8H2,1H3,(H,16,18)(H,19,20)/t9-,10+/m1/s1. The van der Waals surface area contributed by atoms with Crippen LogP contribution in [0.15, 0.2) is 23.1 Å². The molecule has 0 saturated carbocycles. The number of piperidine rings is 1. The maximum atomic E-state index is 12.8. The molecule has 8 nitrogen and oxygen atoms in total. The molecule has 1 fully saturated rings. The Bertz CT molecular complexity index is 791. The van der Waals surface area contributed by atoms with E-state index in [-0.39, 0.29) is 23.9 Å². The average Bonchev–Trinajstić information content (AvgIpc) is 2.55. The van der Waals surface area contributed by atoms with Crippen molar-refractivity contribution in [2.45, 2.75) is 30.8 Å². The number of fused-ring (bicyclic) bond motifs is 1. The lowest BCUT2D eigenvalue weighted by molar-refractivity contribution is -0.142. The Kier molecular flexibility index (Phi) is 4.22. The quantitative estimate of drug-likeness (QED) is 0.833. The van der Waals surface area contributed by atoms with E-state index in [1.807, 2.05) is 0 Å². The van der Waals surface area contributed by atoms with Gasteiger partial charge in [-0.15, -0.1) is 0 Å². The second-order valence-electron chi connectivity index (χ2n) is 5.95. The highest BCUT2D eigenvalue weighted by molar-refractivity contribution is 7.89. The molecule has 130 valence electrons. The van der Waals surface area contributed by atoms with Crippen molar-refractivity contribution in [3.63, 3.8) is 0 Å². The van der Waals surface area contributed by atoms with Gasteiger partial charge in [0.25, 0.3) is 5.91 Å². The molecule has 0 spiro atoms. The fourth-order valence-corrected chi connectivity index (χ4v) is 4.41. The van der Waals surface area contributed by atoms with Crippen LogP contribution in [-0.2, 0) is 19.6 Å². The van der Waals surface area contributed by atoms with Gasteiger partial charge in [0.1, 0.15) is 5.75 Å². The van der Waals surface area contributed by atoms with Gasteiger partial charge in [-0.05, 0) is 38.0 Å². The van der Waals surface area contributed by atoms with Crippen molar-refractivity contribution >= 4 is 27.6 Å². The fourth-order valence-electron chi connectivity index (χ4n) is 2.86. The third kappa shape index (κ3) is 2.96. The van der Waals surface area contributed by atoms with Crippen LogP contribution >= 0.6 is 0 Å². The first-order valence-corrected chi connectivity index (χ1v) is 9.07. The van der Waals surface area contributed by atoms with Crippen molar-refractivity contribution in [3.8, 4) is 5.75 Å². The molecule has 0 unspecified atom stereocenters. The van der Waals surface area contributed by atoms with Gasteiger partial charge in [-0.3, -0.25) is 9.59 Å². The first-order chi connectivity index (χ1) is 11.3. The summed E-state index contributed by atoms with van der Waals surface area (Å²) in [6.45, 7) is 1.83. The number of hydrogen-bond acceptors (Lipinski definition) is 5. The van der Waals surface area contributed by atoms with Crippen molar-refractivity contribution in [1.82, 2.24) is 4.31 Å². The molecule has 3 rings (SSSR count). The summed E-state index contributed by atoms with van der Waals surface area (Å²) >= 11 is 0. The summed E-state index contributed by atoms with van der Waals surface area (Å²) in [5.41, 5.74) is 0.297. The number of carbonyl (C=O) groups excluding carboxylic acids is 1. The summed E-state index contributed by atoms with van der Waals surface area (Å²) in [7, 11) is -3.83. The van der Waals surface area contributed by atoms with Gasteiger partial charge in [0.15, 0.2) is 6.10 Å². The number of ether oxygens (including phenoxy) is 1. The molecule has 9 heteroatoms. The van der Waals surface area contributed by atoms with Gasteiger partial charge in [-0.2, -0.15) is 4.31 Å². The van der Waals surface area contributed by atoms with Gasteiger partial charge in [0.2, 0.25) is 10.0 Å². The van der Waals surface area contributed by atoms with E-state index < -0.39 is 28.0 Å². The van der Waals surface area contributed by atoms with Crippen LogP contribution in [0.5, 0.6) is 5.75 Å². The number of sulfonamides is 1. The average molecular weight is 354 g/mol. The number of carbonyl (C=O) groups is 2. The van der Waals surface area contributed by atoms with E-state index in [1.54, 1.807) is 6.92 Å². The predicted octanol–water partition coefficient (Wildman–Crippen LogP) is 0.891.